The van der Waals surface area contributed by atoms with Gasteiger partial charge >= 0.3 is 0 Å². The number of benzene rings is 1. The Labute approximate surface area is 91.0 Å². The molecule has 1 aromatic carbocycles. The standard InChI is InChI=1S/C6H4ClNO2.H4N2O2S/c7-5-1-3-6(4-2-5)8(9)10;1-5(2,3)4/h1-4H;(H4,1,2,3,4). The third-order valence-corrected chi connectivity index (χ3v) is 1.29. The summed E-state index contributed by atoms with van der Waals surface area (Å²) in [7, 11) is -3.67. The molecule has 7 nitrogen and oxygen atoms in total. The van der Waals surface area contributed by atoms with E-state index < -0.39 is 15.1 Å². The molecule has 0 saturated heterocycles. The van der Waals surface area contributed by atoms with E-state index in [1.165, 1.54) is 24.3 Å². The van der Waals surface area contributed by atoms with Crippen LogP contribution in [-0.2, 0) is 10.2 Å². The van der Waals surface area contributed by atoms with Crippen molar-refractivity contribution in [1.29, 1.82) is 0 Å². The van der Waals surface area contributed by atoms with Gasteiger partial charge in [0, 0.05) is 17.2 Å². The minimum atomic E-state index is -3.67. The molecule has 15 heavy (non-hydrogen) atoms. The fourth-order valence-electron chi connectivity index (χ4n) is 0.563. The summed E-state index contributed by atoms with van der Waals surface area (Å²) in [4.78, 5) is 9.61. The predicted octanol–water partition coefficient (Wildman–Crippen LogP) is 0.397. The van der Waals surface area contributed by atoms with Crippen molar-refractivity contribution in [1.82, 2.24) is 0 Å². The summed E-state index contributed by atoms with van der Waals surface area (Å²) in [6.45, 7) is 0. The van der Waals surface area contributed by atoms with Crippen LogP contribution < -0.4 is 10.3 Å². The summed E-state index contributed by atoms with van der Waals surface area (Å²) in [6, 6.07) is 5.70. The first-order chi connectivity index (χ1) is 6.70. The van der Waals surface area contributed by atoms with E-state index in [0.29, 0.717) is 5.02 Å². The molecule has 0 aliphatic rings. The van der Waals surface area contributed by atoms with Crippen molar-refractivity contribution in [3.8, 4) is 0 Å². The Hall–Kier alpha value is -1.22. The zero-order chi connectivity index (χ0) is 12.1. The van der Waals surface area contributed by atoms with Gasteiger partial charge in [-0.25, -0.2) is 10.3 Å². The monoisotopic (exact) mass is 253 g/mol. The lowest BCUT2D eigenvalue weighted by molar-refractivity contribution is -0.384. The summed E-state index contributed by atoms with van der Waals surface area (Å²) >= 11 is 5.49. The molecule has 0 radical (unpaired) electrons. The lowest BCUT2D eigenvalue weighted by Crippen LogP contribution is -2.21. The number of nitro groups is 1. The molecule has 0 aromatic heterocycles. The minimum Gasteiger partial charge on any atom is -0.258 e. The molecule has 1 rings (SSSR count). The smallest absolute Gasteiger partial charge is 0.258 e. The molecular weight excluding hydrogens is 246 g/mol. The number of hydrogen-bond acceptors (Lipinski definition) is 4. The molecule has 1 aromatic rings. The Morgan fingerprint density at radius 2 is 1.53 bits per heavy atom. The van der Waals surface area contributed by atoms with Crippen LogP contribution in [0.4, 0.5) is 5.69 Å². The van der Waals surface area contributed by atoms with Crippen LogP contribution in [0, 0.1) is 10.1 Å². The van der Waals surface area contributed by atoms with Crippen LogP contribution >= 0.6 is 11.6 Å². The van der Waals surface area contributed by atoms with Gasteiger partial charge in [-0.15, -0.1) is 0 Å². The highest BCUT2D eigenvalue weighted by atomic mass is 35.5. The maximum Gasteiger partial charge on any atom is 0.271 e. The zero-order valence-electron chi connectivity index (χ0n) is 7.33. The lowest BCUT2D eigenvalue weighted by Gasteiger charge is -1.88. The highest BCUT2D eigenvalue weighted by molar-refractivity contribution is 7.86. The maximum atomic E-state index is 10.1. The van der Waals surface area contributed by atoms with Crippen molar-refractivity contribution in [2.45, 2.75) is 0 Å². The van der Waals surface area contributed by atoms with E-state index in [4.69, 9.17) is 11.6 Å². The number of nitro benzene ring substituents is 1. The molecule has 0 fully saturated rings. The summed E-state index contributed by atoms with van der Waals surface area (Å²) < 4.78 is 18.4. The first-order valence-corrected chi connectivity index (χ1v) is 5.39. The fraction of sp³-hybridized carbons (Fsp3) is 0. The van der Waals surface area contributed by atoms with Crippen LogP contribution in [0.2, 0.25) is 5.02 Å². The van der Waals surface area contributed by atoms with Crippen LogP contribution in [0.5, 0.6) is 0 Å². The first kappa shape index (κ1) is 13.8. The molecule has 9 heteroatoms. The molecule has 0 aliphatic carbocycles. The first-order valence-electron chi connectivity index (χ1n) is 3.40. The molecule has 0 aliphatic heterocycles. The van der Waals surface area contributed by atoms with Crippen LogP contribution in [0.3, 0.4) is 0 Å². The van der Waals surface area contributed by atoms with Crippen LogP contribution in [-0.4, -0.2) is 13.3 Å². The van der Waals surface area contributed by atoms with Crippen molar-refractivity contribution in [2.75, 3.05) is 0 Å². The third-order valence-electron chi connectivity index (χ3n) is 1.04. The van der Waals surface area contributed by atoms with Gasteiger partial charge in [0.15, 0.2) is 0 Å². The summed E-state index contributed by atoms with van der Waals surface area (Å²) in [5.74, 6) is 0. The highest BCUT2D eigenvalue weighted by Gasteiger charge is 2.01. The normalized spacial score (nSPS) is 10.1. The van der Waals surface area contributed by atoms with Crippen molar-refractivity contribution < 1.29 is 13.3 Å². The Kier molecular flexibility index (Phi) is 5.15. The molecule has 0 unspecified atom stereocenters. The maximum absolute atomic E-state index is 10.1. The minimum absolute atomic E-state index is 0.0596. The van der Waals surface area contributed by atoms with Gasteiger partial charge in [-0.3, -0.25) is 10.1 Å². The van der Waals surface area contributed by atoms with Crippen LogP contribution in [0.1, 0.15) is 0 Å². The van der Waals surface area contributed by atoms with Gasteiger partial charge < -0.3 is 0 Å². The second-order valence-electron chi connectivity index (χ2n) is 2.32. The second kappa shape index (κ2) is 5.61. The van der Waals surface area contributed by atoms with Crippen LogP contribution in [0.25, 0.3) is 0 Å². The number of rotatable bonds is 1. The molecule has 0 atom stereocenters. The van der Waals surface area contributed by atoms with Gasteiger partial charge in [0.05, 0.1) is 4.92 Å². The zero-order valence-corrected chi connectivity index (χ0v) is 8.90. The molecule has 0 spiro atoms. The average molecular weight is 254 g/mol. The summed E-state index contributed by atoms with van der Waals surface area (Å²) in [6.07, 6.45) is 0. The fourth-order valence-corrected chi connectivity index (χ4v) is 0.689. The summed E-state index contributed by atoms with van der Waals surface area (Å²) in [5, 5.41) is 18.8. The molecule has 0 bridgehead atoms. The van der Waals surface area contributed by atoms with E-state index in [9.17, 15) is 18.5 Å². The van der Waals surface area contributed by atoms with Gasteiger partial charge in [-0.05, 0) is 12.1 Å². The van der Waals surface area contributed by atoms with E-state index in [0.717, 1.165) is 0 Å². The van der Waals surface area contributed by atoms with Gasteiger partial charge in [0.1, 0.15) is 0 Å². The number of nitrogens with two attached hydrogens (primary N) is 2. The van der Waals surface area contributed by atoms with Crippen LogP contribution in [0.15, 0.2) is 24.3 Å². The van der Waals surface area contributed by atoms with E-state index in [1.54, 1.807) is 0 Å². The predicted molar refractivity (Wildman–Crippen MR) is 55.4 cm³/mol. The summed E-state index contributed by atoms with van der Waals surface area (Å²) in [5.41, 5.74) is 0.0596. The van der Waals surface area contributed by atoms with Crippen molar-refractivity contribution in [3.05, 3.63) is 39.4 Å². The molecule has 84 valence electrons. The second-order valence-corrected chi connectivity index (χ2v) is 3.94. The van der Waals surface area contributed by atoms with E-state index in [-0.39, 0.29) is 5.69 Å². The number of hydrogen-bond donors (Lipinski definition) is 2. The molecule has 0 saturated carbocycles. The van der Waals surface area contributed by atoms with E-state index in [2.05, 4.69) is 10.3 Å². The molecule has 0 heterocycles. The van der Waals surface area contributed by atoms with Gasteiger partial charge in [0.2, 0.25) is 0 Å². The molecule has 0 amide bonds. The average Bonchev–Trinajstić information content (AvgIpc) is 2.01. The van der Waals surface area contributed by atoms with Crippen molar-refractivity contribution >= 4 is 27.5 Å². The number of non-ortho nitro benzene ring substituents is 1. The van der Waals surface area contributed by atoms with Gasteiger partial charge in [-0.2, -0.15) is 8.42 Å². The SMILES string of the molecule is NS(N)(=O)=O.O=[N+]([O-])c1ccc(Cl)cc1. The topological polar surface area (TPSA) is 129 Å². The molecular formula is C6H8ClN3O4S. The van der Waals surface area contributed by atoms with Gasteiger partial charge in [-0.1, -0.05) is 11.6 Å². The number of nitrogens with zero attached hydrogens (tertiary/aromatic N) is 1. The molecule has 4 N–H and O–H groups in total. The third kappa shape index (κ3) is 9.09. The largest absolute Gasteiger partial charge is 0.271 e. The Balaban J connectivity index is 0.000000336. The van der Waals surface area contributed by atoms with E-state index >= 15 is 0 Å². The Bertz CT molecular complexity index is 422. The highest BCUT2D eigenvalue weighted by Crippen LogP contribution is 2.14. The van der Waals surface area contributed by atoms with Crippen molar-refractivity contribution in [3.63, 3.8) is 0 Å². The quantitative estimate of drug-likeness (QED) is 0.554. The van der Waals surface area contributed by atoms with Gasteiger partial charge in [0.25, 0.3) is 15.9 Å². The van der Waals surface area contributed by atoms with E-state index in [1.807, 2.05) is 0 Å². The Morgan fingerprint density at radius 1 is 1.20 bits per heavy atom. The lowest BCUT2D eigenvalue weighted by atomic mass is 10.3. The van der Waals surface area contributed by atoms with Crippen molar-refractivity contribution in [2.24, 2.45) is 10.3 Å². The Morgan fingerprint density at radius 3 is 1.80 bits per heavy atom. The number of halogens is 1.